The number of aromatic nitrogens is 3. The number of amides is 1. The molecule has 3 aliphatic rings. The van der Waals surface area contributed by atoms with Gasteiger partial charge >= 0.3 is 0 Å². The summed E-state index contributed by atoms with van der Waals surface area (Å²) in [6.07, 6.45) is 6.33. The van der Waals surface area contributed by atoms with Gasteiger partial charge in [-0.15, -0.1) is 0 Å². The van der Waals surface area contributed by atoms with Crippen LogP contribution in [-0.4, -0.2) is 50.7 Å². The zero-order chi connectivity index (χ0) is 25.8. The van der Waals surface area contributed by atoms with Crippen molar-refractivity contribution in [2.75, 3.05) is 17.3 Å². The Hall–Kier alpha value is -4.79. The predicted octanol–water partition coefficient (Wildman–Crippen LogP) is 4.83. The van der Waals surface area contributed by atoms with Gasteiger partial charge < -0.3 is 5.32 Å². The standard InChI is InChI=1S/C29H24FN7O/c1-35-28(38)25-26(32-21-6-3-2-4-7-21)34-36(27(25)37-24-9-5-8-23(24)33-29(35)37)17-18-10-12-19(13-11-18)22-15-14-20(30)16-31-22/h2-8,10-16,23-24H,9,17H2,1H3,(H,32,34)/t23-,24+/m1/s1. The van der Waals surface area contributed by atoms with Crippen LogP contribution in [0.25, 0.3) is 11.3 Å². The average Bonchev–Trinajstić information content (AvgIpc) is 3.63. The van der Waals surface area contributed by atoms with Crippen LogP contribution < -0.4 is 10.2 Å². The first-order chi connectivity index (χ1) is 18.6. The molecule has 1 amide bonds. The highest BCUT2D eigenvalue weighted by Gasteiger charge is 2.48. The summed E-state index contributed by atoms with van der Waals surface area (Å²) in [5, 5.41) is 8.28. The van der Waals surface area contributed by atoms with Crippen molar-refractivity contribution in [3.05, 3.63) is 102 Å². The van der Waals surface area contributed by atoms with Crippen molar-refractivity contribution < 1.29 is 9.18 Å². The summed E-state index contributed by atoms with van der Waals surface area (Å²) >= 11 is 0. The maximum absolute atomic E-state index is 13.7. The van der Waals surface area contributed by atoms with Gasteiger partial charge in [0.2, 0.25) is 5.96 Å². The Balaban J connectivity index is 1.29. The lowest BCUT2D eigenvalue weighted by molar-refractivity contribution is 0.0865. The molecule has 0 bridgehead atoms. The maximum atomic E-state index is 13.7. The molecule has 2 aromatic carbocycles. The molecule has 0 unspecified atom stereocenters. The fraction of sp³-hybridized carbons (Fsp3) is 0.172. The van der Waals surface area contributed by atoms with Gasteiger partial charge in [0.1, 0.15) is 17.2 Å². The molecule has 8 nitrogen and oxygen atoms in total. The van der Waals surface area contributed by atoms with E-state index in [1.165, 1.54) is 12.3 Å². The molecule has 7 rings (SSSR count). The molecule has 1 aliphatic carbocycles. The molecule has 4 aromatic rings. The minimum atomic E-state index is -0.363. The third-order valence-corrected chi connectivity index (χ3v) is 7.23. The number of hydrogen-bond acceptors (Lipinski definition) is 6. The highest BCUT2D eigenvalue weighted by atomic mass is 19.1. The summed E-state index contributed by atoms with van der Waals surface area (Å²) < 4.78 is 15.2. The molecule has 2 aromatic heterocycles. The van der Waals surface area contributed by atoms with Crippen LogP contribution in [0.4, 0.5) is 21.7 Å². The van der Waals surface area contributed by atoms with Crippen molar-refractivity contribution in [2.45, 2.75) is 25.0 Å². The monoisotopic (exact) mass is 505 g/mol. The number of nitrogens with zero attached hydrogens (tertiary/aromatic N) is 6. The van der Waals surface area contributed by atoms with E-state index in [4.69, 9.17) is 10.1 Å². The second-order valence-electron chi connectivity index (χ2n) is 9.64. The molecule has 0 fully saturated rings. The smallest absolute Gasteiger partial charge is 0.267 e. The van der Waals surface area contributed by atoms with Crippen LogP contribution in [-0.2, 0) is 6.54 Å². The van der Waals surface area contributed by atoms with Crippen LogP contribution in [0.5, 0.6) is 0 Å². The predicted molar refractivity (Wildman–Crippen MR) is 144 cm³/mol. The van der Waals surface area contributed by atoms with Crippen molar-refractivity contribution in [2.24, 2.45) is 4.99 Å². The molecular formula is C29H24FN7O. The first-order valence-electron chi connectivity index (χ1n) is 12.5. The summed E-state index contributed by atoms with van der Waals surface area (Å²) in [6, 6.07) is 20.9. The van der Waals surface area contributed by atoms with Crippen LogP contribution in [0.1, 0.15) is 22.3 Å². The largest absolute Gasteiger partial charge is 0.338 e. The fourth-order valence-electron chi connectivity index (χ4n) is 5.37. The molecule has 1 N–H and O–H groups in total. The van der Waals surface area contributed by atoms with Gasteiger partial charge in [0, 0.05) is 18.3 Å². The molecule has 0 spiro atoms. The Morgan fingerprint density at radius 3 is 2.63 bits per heavy atom. The second-order valence-corrected chi connectivity index (χ2v) is 9.64. The van der Waals surface area contributed by atoms with Gasteiger partial charge in [0.25, 0.3) is 5.91 Å². The number of guanidine groups is 1. The van der Waals surface area contributed by atoms with E-state index in [1.54, 1.807) is 18.0 Å². The maximum Gasteiger partial charge on any atom is 0.267 e. The summed E-state index contributed by atoms with van der Waals surface area (Å²) in [5.41, 5.74) is 4.00. The number of pyridine rings is 1. The third-order valence-electron chi connectivity index (χ3n) is 7.23. The topological polar surface area (TPSA) is 78.7 Å². The van der Waals surface area contributed by atoms with Gasteiger partial charge in [-0.3, -0.25) is 19.6 Å². The number of fused-ring (bicyclic) bond motifs is 5. The number of anilines is 3. The zero-order valence-corrected chi connectivity index (χ0v) is 20.6. The van der Waals surface area contributed by atoms with Crippen LogP contribution in [0.2, 0.25) is 0 Å². The molecule has 2 aliphatic heterocycles. The van der Waals surface area contributed by atoms with Crippen LogP contribution >= 0.6 is 0 Å². The van der Waals surface area contributed by atoms with Gasteiger partial charge in [-0.1, -0.05) is 54.6 Å². The van der Waals surface area contributed by atoms with Crippen molar-refractivity contribution in [3.63, 3.8) is 0 Å². The van der Waals surface area contributed by atoms with Gasteiger partial charge in [-0.2, -0.15) is 5.10 Å². The number of benzene rings is 2. The summed E-state index contributed by atoms with van der Waals surface area (Å²) in [4.78, 5) is 26.5. The van der Waals surface area contributed by atoms with E-state index in [0.717, 1.165) is 29.1 Å². The minimum Gasteiger partial charge on any atom is -0.338 e. The van der Waals surface area contributed by atoms with Gasteiger partial charge in [-0.05, 0) is 36.2 Å². The lowest BCUT2D eigenvalue weighted by atomic mass is 10.1. The summed E-state index contributed by atoms with van der Waals surface area (Å²) in [7, 11) is 1.77. The summed E-state index contributed by atoms with van der Waals surface area (Å²) in [6.45, 7) is 0.460. The molecule has 0 radical (unpaired) electrons. The fourth-order valence-corrected chi connectivity index (χ4v) is 5.37. The van der Waals surface area contributed by atoms with E-state index < -0.39 is 0 Å². The first-order valence-corrected chi connectivity index (χ1v) is 12.5. The van der Waals surface area contributed by atoms with Crippen molar-refractivity contribution >= 4 is 29.2 Å². The number of carbonyl (C=O) groups excluding carboxylic acids is 1. The van der Waals surface area contributed by atoms with E-state index in [9.17, 15) is 9.18 Å². The molecular weight excluding hydrogens is 481 g/mol. The van der Waals surface area contributed by atoms with Crippen LogP contribution in [0.15, 0.2) is 90.1 Å². The third kappa shape index (κ3) is 3.58. The number of rotatable bonds is 5. The van der Waals surface area contributed by atoms with Crippen molar-refractivity contribution in [1.29, 1.82) is 0 Å². The van der Waals surface area contributed by atoms with E-state index in [-0.39, 0.29) is 23.8 Å². The van der Waals surface area contributed by atoms with Gasteiger partial charge in [0.15, 0.2) is 5.82 Å². The number of hydrogen-bond donors (Lipinski definition) is 1. The Labute approximate surface area is 218 Å². The van der Waals surface area contributed by atoms with Crippen molar-refractivity contribution in [1.82, 2.24) is 19.7 Å². The minimum absolute atomic E-state index is 0.0163. The molecule has 4 heterocycles. The molecule has 2 atom stereocenters. The first kappa shape index (κ1) is 22.4. The second kappa shape index (κ2) is 8.65. The highest BCUT2D eigenvalue weighted by molar-refractivity contribution is 6.21. The SMILES string of the molecule is CN1C(=O)c2c(Nc3ccccc3)nn(Cc3ccc(-c4ccc(F)cn4)cc3)c2N2C1=N[C@@H]1C=CC[C@@H]12. The quantitative estimate of drug-likeness (QED) is 0.393. The van der Waals surface area contributed by atoms with Crippen LogP contribution in [0.3, 0.4) is 0 Å². The Bertz CT molecular complexity index is 1590. The summed E-state index contributed by atoms with van der Waals surface area (Å²) in [5.74, 6) is 1.43. The molecule has 0 saturated heterocycles. The highest BCUT2D eigenvalue weighted by Crippen LogP contribution is 2.42. The molecule has 38 heavy (non-hydrogen) atoms. The van der Waals surface area contributed by atoms with E-state index >= 15 is 0 Å². The van der Waals surface area contributed by atoms with Gasteiger partial charge in [0.05, 0.1) is 30.5 Å². The van der Waals surface area contributed by atoms with Crippen molar-refractivity contribution in [3.8, 4) is 11.3 Å². The Kier molecular flexibility index (Phi) is 5.10. The molecule has 0 saturated carbocycles. The van der Waals surface area contributed by atoms with E-state index in [1.807, 2.05) is 59.3 Å². The lowest BCUT2D eigenvalue weighted by Gasteiger charge is -2.35. The lowest BCUT2D eigenvalue weighted by Crippen LogP contribution is -2.52. The van der Waals surface area contributed by atoms with Gasteiger partial charge in [-0.25, -0.2) is 14.1 Å². The molecule has 9 heteroatoms. The zero-order valence-electron chi connectivity index (χ0n) is 20.6. The number of para-hydroxylation sites is 1. The number of nitrogens with one attached hydrogen (secondary N) is 1. The number of carbonyl (C=O) groups is 1. The normalized spacial score (nSPS) is 19.3. The van der Waals surface area contributed by atoms with E-state index in [2.05, 4.69) is 27.4 Å². The Morgan fingerprint density at radius 1 is 1.05 bits per heavy atom. The van der Waals surface area contributed by atoms with E-state index in [0.29, 0.717) is 29.6 Å². The molecule has 188 valence electrons. The number of aliphatic imine (C=N–C) groups is 1. The van der Waals surface area contributed by atoms with Crippen LogP contribution in [0, 0.1) is 5.82 Å². The Morgan fingerprint density at radius 2 is 1.87 bits per heavy atom. The number of halogens is 1. The average molecular weight is 506 g/mol.